The Bertz CT molecular complexity index is 1270. The summed E-state index contributed by atoms with van der Waals surface area (Å²) in [5, 5.41) is 3.25. The van der Waals surface area contributed by atoms with E-state index in [0.717, 1.165) is 28.1 Å². The Labute approximate surface area is 201 Å². The van der Waals surface area contributed by atoms with Crippen LogP contribution >= 0.6 is 0 Å². The number of carbonyl (C=O) groups excluding carboxylic acids is 2. The van der Waals surface area contributed by atoms with Crippen LogP contribution in [0.25, 0.3) is 5.57 Å². The second kappa shape index (κ2) is 9.56. The van der Waals surface area contributed by atoms with Crippen molar-refractivity contribution in [2.75, 3.05) is 16.8 Å². The summed E-state index contributed by atoms with van der Waals surface area (Å²) in [4.78, 5) is 28.5. The Kier molecular flexibility index (Phi) is 6.55. The highest BCUT2D eigenvalue weighted by molar-refractivity contribution is 6.46. The minimum Gasteiger partial charge on any atom is -0.493 e. The third-order valence-corrected chi connectivity index (χ3v) is 5.94. The van der Waals surface area contributed by atoms with Crippen molar-refractivity contribution >= 4 is 28.8 Å². The molecule has 3 aromatic rings. The van der Waals surface area contributed by atoms with E-state index in [-0.39, 0.29) is 17.5 Å². The van der Waals surface area contributed by atoms with Gasteiger partial charge in [-0.2, -0.15) is 0 Å². The van der Waals surface area contributed by atoms with E-state index in [1.807, 2.05) is 81.4 Å². The number of anilines is 2. The summed E-state index contributed by atoms with van der Waals surface area (Å²) in [6.45, 7) is 10.7. The van der Waals surface area contributed by atoms with E-state index in [2.05, 4.69) is 19.2 Å². The summed E-state index contributed by atoms with van der Waals surface area (Å²) in [6, 6.07) is 20.7. The summed E-state index contributed by atoms with van der Waals surface area (Å²) in [6.07, 6.45) is 0. The van der Waals surface area contributed by atoms with Gasteiger partial charge >= 0.3 is 0 Å². The number of aryl methyl sites for hydroxylation is 3. The number of amides is 2. The standard InChI is InChI=1S/C29H30N2O3/c1-18(2)17-34-24-14-11-22(12-15-24)26-27(30-23-13-10-19(3)21(5)16-23)29(33)31(28(26)32)25-9-7-6-8-20(25)4/h6-16,18,30H,17H2,1-5H3. The first-order valence-electron chi connectivity index (χ1n) is 11.5. The molecular weight excluding hydrogens is 424 g/mol. The van der Waals surface area contributed by atoms with Crippen LogP contribution in [-0.2, 0) is 9.59 Å². The fourth-order valence-corrected chi connectivity index (χ4v) is 3.89. The van der Waals surface area contributed by atoms with Crippen LogP contribution in [-0.4, -0.2) is 18.4 Å². The quantitative estimate of drug-likeness (QED) is 0.442. The molecule has 0 aromatic heterocycles. The Hall–Kier alpha value is -3.86. The molecule has 0 saturated heterocycles. The smallest absolute Gasteiger partial charge is 0.282 e. The number of carbonyl (C=O) groups is 2. The molecule has 0 radical (unpaired) electrons. The van der Waals surface area contributed by atoms with Gasteiger partial charge in [0.1, 0.15) is 11.4 Å². The molecule has 4 rings (SSSR count). The zero-order chi connectivity index (χ0) is 24.4. The SMILES string of the molecule is Cc1ccc(NC2=C(c3ccc(OCC(C)C)cc3)C(=O)N(c3ccccc3C)C2=O)cc1C. The van der Waals surface area contributed by atoms with Gasteiger partial charge in [-0.15, -0.1) is 0 Å². The van der Waals surface area contributed by atoms with Crippen LogP contribution in [0.3, 0.4) is 0 Å². The monoisotopic (exact) mass is 454 g/mol. The van der Waals surface area contributed by atoms with Crippen molar-refractivity contribution in [2.45, 2.75) is 34.6 Å². The van der Waals surface area contributed by atoms with Crippen LogP contribution in [0.2, 0.25) is 0 Å². The summed E-state index contributed by atoms with van der Waals surface area (Å²) < 4.78 is 5.79. The fourth-order valence-electron chi connectivity index (χ4n) is 3.89. The molecule has 2 amide bonds. The lowest BCUT2D eigenvalue weighted by molar-refractivity contribution is -0.120. The van der Waals surface area contributed by atoms with Gasteiger partial charge in [0.15, 0.2) is 0 Å². The Morgan fingerprint density at radius 1 is 0.824 bits per heavy atom. The molecule has 0 bridgehead atoms. The molecule has 1 heterocycles. The maximum Gasteiger partial charge on any atom is 0.282 e. The third-order valence-electron chi connectivity index (χ3n) is 5.94. The van der Waals surface area contributed by atoms with Gasteiger partial charge in [-0.1, -0.05) is 50.2 Å². The van der Waals surface area contributed by atoms with Crippen molar-refractivity contribution in [3.63, 3.8) is 0 Å². The molecule has 34 heavy (non-hydrogen) atoms. The summed E-state index contributed by atoms with van der Waals surface area (Å²) in [7, 11) is 0. The molecule has 0 saturated carbocycles. The minimum atomic E-state index is -0.368. The molecule has 3 aromatic carbocycles. The number of rotatable bonds is 7. The van der Waals surface area contributed by atoms with Gasteiger partial charge in [-0.05, 0) is 79.3 Å². The third kappa shape index (κ3) is 4.60. The molecule has 0 unspecified atom stereocenters. The predicted octanol–water partition coefficient (Wildman–Crippen LogP) is 6.04. The number of benzene rings is 3. The van der Waals surface area contributed by atoms with Crippen molar-refractivity contribution in [3.8, 4) is 5.75 Å². The zero-order valence-corrected chi connectivity index (χ0v) is 20.3. The van der Waals surface area contributed by atoms with E-state index in [0.29, 0.717) is 29.3 Å². The van der Waals surface area contributed by atoms with E-state index in [4.69, 9.17) is 4.74 Å². The predicted molar refractivity (Wildman–Crippen MR) is 137 cm³/mol. The Balaban J connectivity index is 1.76. The molecule has 1 N–H and O–H groups in total. The van der Waals surface area contributed by atoms with Gasteiger partial charge in [0.25, 0.3) is 11.8 Å². The fraction of sp³-hybridized carbons (Fsp3) is 0.241. The highest BCUT2D eigenvalue weighted by atomic mass is 16.5. The molecule has 1 aliphatic rings. The lowest BCUT2D eigenvalue weighted by Crippen LogP contribution is -2.33. The molecule has 1 aliphatic heterocycles. The van der Waals surface area contributed by atoms with Crippen molar-refractivity contribution in [3.05, 3.63) is 94.7 Å². The number of nitrogens with zero attached hydrogens (tertiary/aromatic N) is 1. The van der Waals surface area contributed by atoms with Crippen LogP contribution in [0.4, 0.5) is 11.4 Å². The van der Waals surface area contributed by atoms with Crippen molar-refractivity contribution in [2.24, 2.45) is 5.92 Å². The van der Waals surface area contributed by atoms with Gasteiger partial charge in [0, 0.05) is 5.69 Å². The van der Waals surface area contributed by atoms with E-state index in [1.54, 1.807) is 6.07 Å². The minimum absolute atomic E-state index is 0.271. The number of ether oxygens (including phenoxy) is 1. The molecule has 5 nitrogen and oxygen atoms in total. The average Bonchev–Trinajstić information content (AvgIpc) is 3.05. The van der Waals surface area contributed by atoms with E-state index < -0.39 is 0 Å². The van der Waals surface area contributed by atoms with Gasteiger partial charge in [-0.3, -0.25) is 9.59 Å². The summed E-state index contributed by atoms with van der Waals surface area (Å²) in [5.74, 6) is 0.427. The number of para-hydroxylation sites is 1. The second-order valence-corrected chi connectivity index (χ2v) is 9.14. The first-order chi connectivity index (χ1) is 16.3. The maximum atomic E-state index is 13.7. The number of hydrogen-bond donors (Lipinski definition) is 1. The van der Waals surface area contributed by atoms with Crippen LogP contribution < -0.4 is 15.0 Å². The highest BCUT2D eigenvalue weighted by Crippen LogP contribution is 2.35. The molecule has 0 spiro atoms. The maximum absolute atomic E-state index is 13.7. The van der Waals surface area contributed by atoms with Crippen LogP contribution in [0, 0.1) is 26.7 Å². The summed E-state index contributed by atoms with van der Waals surface area (Å²) >= 11 is 0. The summed E-state index contributed by atoms with van der Waals surface area (Å²) in [5.41, 5.74) is 5.75. The van der Waals surface area contributed by atoms with Gasteiger partial charge in [0.05, 0.1) is 17.9 Å². The highest BCUT2D eigenvalue weighted by Gasteiger charge is 2.40. The number of nitrogens with one attached hydrogen (secondary N) is 1. The molecular formula is C29H30N2O3. The number of imide groups is 1. The first kappa shape index (κ1) is 23.3. The largest absolute Gasteiger partial charge is 0.493 e. The average molecular weight is 455 g/mol. The van der Waals surface area contributed by atoms with Crippen LogP contribution in [0.1, 0.15) is 36.1 Å². The normalized spacial score (nSPS) is 13.8. The zero-order valence-electron chi connectivity index (χ0n) is 20.3. The number of hydrogen-bond acceptors (Lipinski definition) is 4. The molecule has 0 atom stereocenters. The Morgan fingerprint density at radius 3 is 2.18 bits per heavy atom. The van der Waals surface area contributed by atoms with Gasteiger partial charge in [0.2, 0.25) is 0 Å². The molecule has 5 heteroatoms. The van der Waals surface area contributed by atoms with E-state index in [1.165, 1.54) is 4.90 Å². The first-order valence-corrected chi connectivity index (χ1v) is 11.5. The van der Waals surface area contributed by atoms with Crippen molar-refractivity contribution < 1.29 is 14.3 Å². The van der Waals surface area contributed by atoms with Crippen molar-refractivity contribution in [1.29, 1.82) is 0 Å². The van der Waals surface area contributed by atoms with E-state index in [9.17, 15) is 9.59 Å². The molecule has 0 fully saturated rings. The second-order valence-electron chi connectivity index (χ2n) is 9.14. The lowest BCUT2D eigenvalue weighted by atomic mass is 10.0. The van der Waals surface area contributed by atoms with Crippen LogP contribution in [0.5, 0.6) is 5.75 Å². The van der Waals surface area contributed by atoms with Crippen LogP contribution in [0.15, 0.2) is 72.4 Å². The Morgan fingerprint density at radius 2 is 1.53 bits per heavy atom. The van der Waals surface area contributed by atoms with E-state index >= 15 is 0 Å². The molecule has 174 valence electrons. The van der Waals surface area contributed by atoms with Gasteiger partial charge in [-0.25, -0.2) is 4.90 Å². The topological polar surface area (TPSA) is 58.6 Å². The molecule has 0 aliphatic carbocycles. The lowest BCUT2D eigenvalue weighted by Gasteiger charge is -2.17. The van der Waals surface area contributed by atoms with Gasteiger partial charge < -0.3 is 10.1 Å². The van der Waals surface area contributed by atoms with Crippen molar-refractivity contribution in [1.82, 2.24) is 0 Å².